The quantitative estimate of drug-likeness (QED) is 0.747. The molecule has 0 unspecified atom stereocenters. The second-order valence-corrected chi connectivity index (χ2v) is 5.74. The maximum Gasteiger partial charge on any atom is 0.140 e. The Bertz CT molecular complexity index is 710. The molecule has 0 radical (unpaired) electrons. The van der Waals surface area contributed by atoms with Gasteiger partial charge in [-0.25, -0.2) is 4.98 Å². The van der Waals surface area contributed by atoms with Crippen LogP contribution >= 0.6 is 11.3 Å². The van der Waals surface area contributed by atoms with E-state index in [1.54, 1.807) is 11.3 Å². The molecule has 21 heavy (non-hydrogen) atoms. The van der Waals surface area contributed by atoms with Crippen molar-refractivity contribution in [3.8, 4) is 5.75 Å². The maximum absolute atomic E-state index is 5.99. The Hall–Kier alpha value is -1.91. The molecule has 2 aromatic carbocycles. The first kappa shape index (κ1) is 14.0. The second kappa shape index (κ2) is 6.70. The van der Waals surface area contributed by atoms with Gasteiger partial charge in [0.1, 0.15) is 17.4 Å². The van der Waals surface area contributed by atoms with Crippen molar-refractivity contribution < 1.29 is 4.74 Å². The predicted octanol–water partition coefficient (Wildman–Crippen LogP) is 3.98. The van der Waals surface area contributed by atoms with E-state index in [0.29, 0.717) is 6.61 Å². The third-order valence-corrected chi connectivity index (χ3v) is 4.14. The average Bonchev–Trinajstić information content (AvgIpc) is 3.04. The lowest BCUT2D eigenvalue weighted by Gasteiger charge is -2.14. The Morgan fingerprint density at radius 2 is 2.10 bits per heavy atom. The second-order valence-electron chi connectivity index (χ2n) is 4.76. The molecule has 4 heteroatoms. The molecule has 108 valence electrons. The van der Waals surface area contributed by atoms with E-state index in [1.807, 2.05) is 11.6 Å². The molecule has 0 saturated heterocycles. The van der Waals surface area contributed by atoms with Crippen molar-refractivity contribution in [1.29, 1.82) is 0 Å². The summed E-state index contributed by atoms with van der Waals surface area (Å²) in [7, 11) is 0. The summed E-state index contributed by atoms with van der Waals surface area (Å²) in [5.74, 6) is 0.935. The van der Waals surface area contributed by atoms with Crippen LogP contribution in [0.1, 0.15) is 17.5 Å². The minimum atomic E-state index is 0.523. The molecule has 1 heterocycles. The monoisotopic (exact) mass is 298 g/mol. The lowest BCUT2D eigenvalue weighted by Crippen LogP contribution is -2.13. The van der Waals surface area contributed by atoms with E-state index in [2.05, 4.69) is 53.6 Å². The van der Waals surface area contributed by atoms with Gasteiger partial charge < -0.3 is 10.1 Å². The summed E-state index contributed by atoms with van der Waals surface area (Å²) in [6, 6.07) is 12.6. The number of aromatic nitrogens is 1. The van der Waals surface area contributed by atoms with Crippen LogP contribution in [0.25, 0.3) is 10.8 Å². The van der Waals surface area contributed by atoms with Crippen molar-refractivity contribution in [1.82, 2.24) is 10.3 Å². The molecule has 0 bridgehead atoms. The molecule has 1 aromatic heterocycles. The molecule has 3 rings (SSSR count). The number of hydrogen-bond acceptors (Lipinski definition) is 4. The average molecular weight is 298 g/mol. The molecule has 0 aliphatic rings. The molecule has 0 aliphatic carbocycles. The van der Waals surface area contributed by atoms with Gasteiger partial charge in [-0.05, 0) is 23.4 Å². The number of thiazole rings is 1. The van der Waals surface area contributed by atoms with Crippen LogP contribution < -0.4 is 10.1 Å². The van der Waals surface area contributed by atoms with Gasteiger partial charge in [0.05, 0.1) is 0 Å². The SMILES string of the molecule is CCNCc1c(OCc2nccs2)ccc2ccccc12. The Morgan fingerprint density at radius 1 is 1.19 bits per heavy atom. The van der Waals surface area contributed by atoms with Crippen LogP contribution in [0, 0.1) is 0 Å². The van der Waals surface area contributed by atoms with Gasteiger partial charge in [0.2, 0.25) is 0 Å². The minimum Gasteiger partial charge on any atom is -0.486 e. The van der Waals surface area contributed by atoms with Crippen LogP contribution in [-0.4, -0.2) is 11.5 Å². The van der Waals surface area contributed by atoms with Crippen LogP contribution in [0.2, 0.25) is 0 Å². The van der Waals surface area contributed by atoms with Crippen LogP contribution in [0.15, 0.2) is 48.0 Å². The summed E-state index contributed by atoms with van der Waals surface area (Å²) in [5, 5.41) is 8.85. The highest BCUT2D eigenvalue weighted by atomic mass is 32.1. The summed E-state index contributed by atoms with van der Waals surface area (Å²) in [6.45, 7) is 4.39. The number of nitrogens with zero attached hydrogens (tertiary/aromatic N) is 1. The molecule has 0 spiro atoms. The summed E-state index contributed by atoms with van der Waals surface area (Å²) >= 11 is 1.62. The molecule has 0 aliphatic heterocycles. The third kappa shape index (κ3) is 3.23. The largest absolute Gasteiger partial charge is 0.486 e. The van der Waals surface area contributed by atoms with E-state index in [-0.39, 0.29) is 0 Å². The molecular formula is C17H18N2OS. The highest BCUT2D eigenvalue weighted by Gasteiger charge is 2.09. The smallest absolute Gasteiger partial charge is 0.140 e. The number of nitrogens with one attached hydrogen (secondary N) is 1. The topological polar surface area (TPSA) is 34.1 Å². The van der Waals surface area contributed by atoms with E-state index in [1.165, 1.54) is 16.3 Å². The van der Waals surface area contributed by atoms with Gasteiger partial charge in [0, 0.05) is 23.7 Å². The van der Waals surface area contributed by atoms with Crippen molar-refractivity contribution in [2.45, 2.75) is 20.1 Å². The third-order valence-electron chi connectivity index (χ3n) is 3.38. The summed E-state index contributed by atoms with van der Waals surface area (Å²) in [6.07, 6.45) is 1.81. The minimum absolute atomic E-state index is 0.523. The Morgan fingerprint density at radius 3 is 2.90 bits per heavy atom. The number of hydrogen-bond donors (Lipinski definition) is 1. The normalized spacial score (nSPS) is 10.9. The van der Waals surface area contributed by atoms with Crippen LogP contribution in [-0.2, 0) is 13.2 Å². The van der Waals surface area contributed by atoms with E-state index in [0.717, 1.165) is 23.8 Å². The maximum atomic E-state index is 5.99. The highest BCUT2D eigenvalue weighted by Crippen LogP contribution is 2.28. The fourth-order valence-electron chi connectivity index (χ4n) is 2.35. The molecule has 0 atom stereocenters. The lowest BCUT2D eigenvalue weighted by atomic mass is 10.0. The van der Waals surface area contributed by atoms with Crippen molar-refractivity contribution in [2.24, 2.45) is 0 Å². The summed E-state index contributed by atoms with van der Waals surface area (Å²) in [4.78, 5) is 4.26. The van der Waals surface area contributed by atoms with Crippen LogP contribution in [0.4, 0.5) is 0 Å². The van der Waals surface area contributed by atoms with Crippen LogP contribution in [0.5, 0.6) is 5.75 Å². The fourth-order valence-corrected chi connectivity index (χ4v) is 2.87. The summed E-state index contributed by atoms with van der Waals surface area (Å²) < 4.78 is 5.99. The zero-order chi connectivity index (χ0) is 14.5. The van der Waals surface area contributed by atoms with Gasteiger partial charge in [0.15, 0.2) is 0 Å². The molecule has 3 nitrogen and oxygen atoms in total. The first-order chi connectivity index (χ1) is 10.4. The first-order valence-electron chi connectivity index (χ1n) is 7.11. The van der Waals surface area contributed by atoms with E-state index >= 15 is 0 Å². The van der Waals surface area contributed by atoms with Gasteiger partial charge >= 0.3 is 0 Å². The number of rotatable bonds is 6. The fraction of sp³-hybridized carbons (Fsp3) is 0.235. The van der Waals surface area contributed by atoms with Gasteiger partial charge in [0.25, 0.3) is 0 Å². The molecule has 3 aromatic rings. The predicted molar refractivity (Wildman–Crippen MR) is 87.8 cm³/mol. The van der Waals surface area contributed by atoms with E-state index < -0.39 is 0 Å². The van der Waals surface area contributed by atoms with Gasteiger partial charge in [-0.15, -0.1) is 11.3 Å². The van der Waals surface area contributed by atoms with E-state index in [9.17, 15) is 0 Å². The van der Waals surface area contributed by atoms with Crippen molar-refractivity contribution in [3.05, 3.63) is 58.5 Å². The Labute approximate surface area is 128 Å². The van der Waals surface area contributed by atoms with Gasteiger partial charge in [-0.1, -0.05) is 37.3 Å². The number of fused-ring (bicyclic) bond motifs is 1. The highest BCUT2D eigenvalue weighted by molar-refractivity contribution is 7.09. The molecule has 1 N–H and O–H groups in total. The zero-order valence-electron chi connectivity index (χ0n) is 12.0. The molecule has 0 saturated carbocycles. The van der Waals surface area contributed by atoms with Crippen molar-refractivity contribution >= 4 is 22.1 Å². The van der Waals surface area contributed by atoms with Crippen molar-refractivity contribution in [2.75, 3.05) is 6.54 Å². The molecule has 0 fully saturated rings. The number of ether oxygens (including phenoxy) is 1. The standard InChI is InChI=1S/C17H18N2OS/c1-2-18-11-15-14-6-4-3-5-13(14)7-8-16(15)20-12-17-19-9-10-21-17/h3-10,18H,2,11-12H2,1H3. The van der Waals surface area contributed by atoms with Crippen LogP contribution in [0.3, 0.4) is 0 Å². The summed E-state index contributed by atoms with van der Waals surface area (Å²) in [5.41, 5.74) is 1.21. The number of benzene rings is 2. The Kier molecular flexibility index (Phi) is 4.48. The Balaban J connectivity index is 1.92. The van der Waals surface area contributed by atoms with Gasteiger partial charge in [-0.2, -0.15) is 0 Å². The first-order valence-corrected chi connectivity index (χ1v) is 7.99. The lowest BCUT2D eigenvalue weighted by molar-refractivity contribution is 0.302. The van der Waals surface area contributed by atoms with Gasteiger partial charge in [-0.3, -0.25) is 0 Å². The van der Waals surface area contributed by atoms with Crippen molar-refractivity contribution in [3.63, 3.8) is 0 Å². The van der Waals surface area contributed by atoms with E-state index in [4.69, 9.17) is 4.74 Å². The molecule has 0 amide bonds. The molecular weight excluding hydrogens is 280 g/mol. The zero-order valence-corrected chi connectivity index (χ0v) is 12.8.